The summed E-state index contributed by atoms with van der Waals surface area (Å²) in [5.74, 6) is -1.17. The molecule has 1 aromatic heterocycles. The highest BCUT2D eigenvalue weighted by Crippen LogP contribution is 2.29. The number of benzene rings is 2. The Hall–Kier alpha value is -2.94. The second-order valence-electron chi connectivity index (χ2n) is 5.74. The molecule has 3 rings (SSSR count). The van der Waals surface area contributed by atoms with Crippen LogP contribution in [0, 0.1) is 0 Å². The van der Waals surface area contributed by atoms with Crippen LogP contribution in [0.1, 0.15) is 22.8 Å². The molecule has 0 radical (unpaired) electrons. The number of halogens is 3. The number of nitrogens with zero attached hydrogens (tertiary/aromatic N) is 2. The Balaban J connectivity index is 2.00. The number of alkyl halides is 3. The van der Waals surface area contributed by atoms with Crippen molar-refractivity contribution in [3.05, 3.63) is 64.5 Å². The van der Waals surface area contributed by atoms with Crippen LogP contribution < -0.4 is 4.80 Å². The van der Waals surface area contributed by atoms with E-state index in [9.17, 15) is 22.8 Å². The van der Waals surface area contributed by atoms with Gasteiger partial charge in [-0.05, 0) is 43.3 Å². The lowest BCUT2D eigenvalue weighted by Crippen LogP contribution is -2.23. The SMILES string of the molecule is CCOC(=O)Cn1c(=NC(=O)c2ccc(C(F)(F)F)cc2)sc2ccccc21. The molecule has 146 valence electrons. The van der Waals surface area contributed by atoms with Crippen molar-refractivity contribution in [3.8, 4) is 0 Å². The van der Waals surface area contributed by atoms with Crippen LogP contribution in [0.25, 0.3) is 10.2 Å². The van der Waals surface area contributed by atoms with Crippen molar-refractivity contribution in [1.29, 1.82) is 0 Å². The number of hydrogen-bond donors (Lipinski definition) is 0. The summed E-state index contributed by atoms with van der Waals surface area (Å²) >= 11 is 1.20. The summed E-state index contributed by atoms with van der Waals surface area (Å²) in [5.41, 5.74) is -0.115. The molecule has 1 amide bonds. The molecule has 0 atom stereocenters. The fourth-order valence-corrected chi connectivity index (χ4v) is 3.58. The highest BCUT2D eigenvalue weighted by atomic mass is 32.1. The van der Waals surface area contributed by atoms with Gasteiger partial charge in [-0.15, -0.1) is 0 Å². The third kappa shape index (κ3) is 4.30. The Morgan fingerprint density at radius 1 is 1.11 bits per heavy atom. The minimum absolute atomic E-state index is 0.0214. The molecule has 0 fully saturated rings. The van der Waals surface area contributed by atoms with Gasteiger partial charge in [-0.25, -0.2) is 0 Å². The molecule has 0 aliphatic heterocycles. The van der Waals surface area contributed by atoms with E-state index in [4.69, 9.17) is 4.74 Å². The fourth-order valence-electron chi connectivity index (χ4n) is 2.55. The summed E-state index contributed by atoms with van der Waals surface area (Å²) in [6, 6.07) is 11.0. The van der Waals surface area contributed by atoms with Gasteiger partial charge in [0, 0.05) is 5.56 Å². The van der Waals surface area contributed by atoms with Crippen LogP contribution in [0.15, 0.2) is 53.5 Å². The van der Waals surface area contributed by atoms with Gasteiger partial charge < -0.3 is 9.30 Å². The molecule has 3 aromatic rings. The van der Waals surface area contributed by atoms with E-state index in [2.05, 4.69) is 4.99 Å². The topological polar surface area (TPSA) is 60.7 Å². The predicted molar refractivity (Wildman–Crippen MR) is 97.8 cm³/mol. The number of aromatic nitrogens is 1. The molecule has 0 aliphatic rings. The van der Waals surface area contributed by atoms with Gasteiger partial charge in [0.25, 0.3) is 5.91 Å². The van der Waals surface area contributed by atoms with Crippen LogP contribution in [0.4, 0.5) is 13.2 Å². The van der Waals surface area contributed by atoms with Crippen molar-refractivity contribution in [1.82, 2.24) is 4.57 Å². The van der Waals surface area contributed by atoms with Gasteiger partial charge in [0.1, 0.15) is 6.54 Å². The molecule has 9 heteroatoms. The number of carbonyl (C=O) groups excluding carboxylic acids is 2. The maximum atomic E-state index is 12.7. The molecular weight excluding hydrogens is 393 g/mol. The lowest BCUT2D eigenvalue weighted by Gasteiger charge is -2.06. The van der Waals surface area contributed by atoms with Crippen molar-refractivity contribution < 1.29 is 27.5 Å². The van der Waals surface area contributed by atoms with Crippen molar-refractivity contribution in [2.24, 2.45) is 4.99 Å². The summed E-state index contributed by atoms with van der Waals surface area (Å²) in [4.78, 5) is 28.7. The Labute approximate surface area is 161 Å². The number of hydrogen-bond acceptors (Lipinski definition) is 4. The smallest absolute Gasteiger partial charge is 0.416 e. The predicted octanol–water partition coefficient (Wildman–Crippen LogP) is 4.03. The van der Waals surface area contributed by atoms with Gasteiger partial charge in [0.2, 0.25) is 0 Å². The lowest BCUT2D eigenvalue weighted by atomic mass is 10.1. The van der Waals surface area contributed by atoms with E-state index < -0.39 is 23.6 Å². The van der Waals surface area contributed by atoms with Crippen LogP contribution >= 0.6 is 11.3 Å². The first-order chi connectivity index (χ1) is 13.3. The molecule has 0 unspecified atom stereocenters. The summed E-state index contributed by atoms with van der Waals surface area (Å²) < 4.78 is 45.3. The Bertz CT molecular complexity index is 1080. The number of esters is 1. The van der Waals surface area contributed by atoms with Crippen LogP contribution in [0.3, 0.4) is 0 Å². The van der Waals surface area contributed by atoms with Gasteiger partial charge in [-0.1, -0.05) is 23.5 Å². The second-order valence-corrected chi connectivity index (χ2v) is 6.74. The second kappa shape index (κ2) is 7.97. The molecule has 0 saturated heterocycles. The van der Waals surface area contributed by atoms with E-state index >= 15 is 0 Å². The van der Waals surface area contributed by atoms with E-state index in [1.165, 1.54) is 11.3 Å². The summed E-state index contributed by atoms with van der Waals surface area (Å²) in [6.45, 7) is 1.78. The van der Waals surface area contributed by atoms with E-state index in [1.807, 2.05) is 12.1 Å². The average Bonchev–Trinajstić information content (AvgIpc) is 2.98. The number of rotatable bonds is 4. The van der Waals surface area contributed by atoms with Gasteiger partial charge in [0.15, 0.2) is 4.80 Å². The molecule has 0 N–H and O–H groups in total. The maximum absolute atomic E-state index is 12.7. The largest absolute Gasteiger partial charge is 0.465 e. The molecule has 0 saturated carbocycles. The van der Waals surface area contributed by atoms with Crippen molar-refractivity contribution in [2.75, 3.05) is 6.61 Å². The number of para-hydroxylation sites is 1. The zero-order valence-corrected chi connectivity index (χ0v) is 15.5. The van der Waals surface area contributed by atoms with E-state index in [0.29, 0.717) is 5.52 Å². The Morgan fingerprint density at radius 3 is 2.43 bits per heavy atom. The zero-order valence-electron chi connectivity index (χ0n) is 14.7. The van der Waals surface area contributed by atoms with Gasteiger partial charge in [-0.2, -0.15) is 18.2 Å². The minimum atomic E-state index is -4.48. The summed E-state index contributed by atoms with van der Waals surface area (Å²) in [6.07, 6.45) is -4.48. The number of amides is 1. The van der Waals surface area contributed by atoms with E-state index in [1.54, 1.807) is 23.6 Å². The third-order valence-corrected chi connectivity index (χ3v) is 4.90. The molecule has 28 heavy (non-hydrogen) atoms. The minimum Gasteiger partial charge on any atom is -0.465 e. The molecule has 0 aliphatic carbocycles. The van der Waals surface area contributed by atoms with Crippen LogP contribution in [-0.2, 0) is 22.3 Å². The highest BCUT2D eigenvalue weighted by molar-refractivity contribution is 7.16. The van der Waals surface area contributed by atoms with Gasteiger partial charge in [0.05, 0.1) is 22.4 Å². The van der Waals surface area contributed by atoms with Crippen LogP contribution in [-0.4, -0.2) is 23.1 Å². The first-order valence-corrected chi connectivity index (χ1v) is 9.11. The number of thiazole rings is 1. The zero-order chi connectivity index (χ0) is 20.3. The van der Waals surface area contributed by atoms with Gasteiger partial charge in [-0.3, -0.25) is 9.59 Å². The highest BCUT2D eigenvalue weighted by Gasteiger charge is 2.30. The Kier molecular flexibility index (Phi) is 5.64. The molecule has 5 nitrogen and oxygen atoms in total. The van der Waals surface area contributed by atoms with Crippen LogP contribution in [0.5, 0.6) is 0 Å². The first kappa shape index (κ1) is 19.8. The average molecular weight is 408 g/mol. The van der Waals surface area contributed by atoms with Crippen molar-refractivity contribution in [2.45, 2.75) is 19.6 Å². The van der Waals surface area contributed by atoms with Crippen LogP contribution in [0.2, 0.25) is 0 Å². The van der Waals surface area contributed by atoms with E-state index in [-0.39, 0.29) is 23.5 Å². The summed E-state index contributed by atoms with van der Waals surface area (Å²) in [7, 11) is 0. The first-order valence-electron chi connectivity index (χ1n) is 8.30. The monoisotopic (exact) mass is 408 g/mol. The molecule has 2 aromatic carbocycles. The molecule has 1 heterocycles. The summed E-state index contributed by atoms with van der Waals surface area (Å²) in [5, 5.41) is 0. The maximum Gasteiger partial charge on any atom is 0.416 e. The van der Waals surface area contributed by atoms with Crippen molar-refractivity contribution >= 4 is 33.4 Å². The van der Waals surface area contributed by atoms with Crippen molar-refractivity contribution in [3.63, 3.8) is 0 Å². The normalized spacial score (nSPS) is 12.4. The third-order valence-electron chi connectivity index (χ3n) is 3.84. The van der Waals surface area contributed by atoms with E-state index in [0.717, 1.165) is 29.0 Å². The molecular formula is C19H15F3N2O3S. The molecule has 0 spiro atoms. The fraction of sp³-hybridized carbons (Fsp3) is 0.211. The quantitative estimate of drug-likeness (QED) is 0.613. The van der Waals surface area contributed by atoms with Gasteiger partial charge >= 0.3 is 12.1 Å². The number of fused-ring (bicyclic) bond motifs is 1. The standard InChI is InChI=1S/C19H15F3N2O3S/c1-2-27-16(25)11-24-14-5-3-4-6-15(14)28-18(24)23-17(26)12-7-9-13(10-8-12)19(20,21)22/h3-10H,2,11H2,1H3. The molecule has 0 bridgehead atoms. The number of ether oxygens (including phenoxy) is 1. The lowest BCUT2D eigenvalue weighted by molar-refractivity contribution is -0.143. The number of carbonyl (C=O) groups is 2. The Morgan fingerprint density at radius 2 is 1.79 bits per heavy atom.